The van der Waals surface area contributed by atoms with Crippen LogP contribution in [-0.4, -0.2) is 47.8 Å². The molecule has 2 amide bonds. The molecule has 1 aromatic carbocycles. The summed E-state index contributed by atoms with van der Waals surface area (Å²) in [6, 6.07) is 13.8. The number of likely N-dealkylation sites (tertiary alicyclic amines) is 1. The van der Waals surface area contributed by atoms with Gasteiger partial charge < -0.3 is 14.2 Å². The van der Waals surface area contributed by atoms with Gasteiger partial charge >= 0.3 is 0 Å². The summed E-state index contributed by atoms with van der Waals surface area (Å²) in [6.07, 6.45) is 6.02. The minimum absolute atomic E-state index is 0.0114. The number of hydrogen-bond acceptors (Lipinski definition) is 3. The topological polar surface area (TPSA) is 53.8 Å². The second kappa shape index (κ2) is 7.82. The van der Waals surface area contributed by atoms with Crippen molar-refractivity contribution in [3.05, 3.63) is 66.1 Å². The summed E-state index contributed by atoms with van der Waals surface area (Å²) in [5.41, 5.74) is 2.56. The number of carbonyl (C=O) groups is 2. The first kappa shape index (κ1) is 17.6. The second-order valence-electron chi connectivity index (χ2n) is 7.17. The number of furan rings is 1. The van der Waals surface area contributed by atoms with Crippen LogP contribution in [0.3, 0.4) is 0 Å². The summed E-state index contributed by atoms with van der Waals surface area (Å²) >= 11 is 0. The highest BCUT2D eigenvalue weighted by Crippen LogP contribution is 2.26. The lowest BCUT2D eigenvalue weighted by molar-refractivity contribution is -0.136. The van der Waals surface area contributed by atoms with E-state index in [1.54, 1.807) is 17.0 Å². The van der Waals surface area contributed by atoms with Crippen molar-refractivity contribution in [3.63, 3.8) is 0 Å². The lowest BCUT2D eigenvalue weighted by Crippen LogP contribution is -2.45. The predicted molar refractivity (Wildman–Crippen MR) is 103 cm³/mol. The van der Waals surface area contributed by atoms with Gasteiger partial charge in [-0.2, -0.15) is 0 Å². The quantitative estimate of drug-likeness (QED) is 0.838. The van der Waals surface area contributed by atoms with Crippen LogP contribution in [0.25, 0.3) is 5.57 Å². The van der Waals surface area contributed by atoms with E-state index in [9.17, 15) is 9.59 Å². The fourth-order valence-electron chi connectivity index (χ4n) is 3.93. The normalized spacial score (nSPS) is 18.3. The van der Waals surface area contributed by atoms with Crippen molar-refractivity contribution < 1.29 is 14.0 Å². The van der Waals surface area contributed by atoms with Gasteiger partial charge in [0, 0.05) is 32.1 Å². The molecule has 27 heavy (non-hydrogen) atoms. The third kappa shape index (κ3) is 3.82. The number of rotatable bonds is 3. The number of carbonyl (C=O) groups excluding carboxylic acids is 2. The van der Waals surface area contributed by atoms with Crippen molar-refractivity contribution in [2.45, 2.75) is 19.3 Å². The highest BCUT2D eigenvalue weighted by atomic mass is 16.3. The standard InChI is InChI=1S/C22H24N2O3/c25-21(23-12-8-18(9-13-23)17-5-2-1-3-6-17)19-10-14-24(15-11-19)22(26)20-7-4-16-27-20/h1-8,16,19H,9-15H2. The maximum Gasteiger partial charge on any atom is 0.289 e. The van der Waals surface area contributed by atoms with Gasteiger partial charge in [0.1, 0.15) is 0 Å². The van der Waals surface area contributed by atoms with Gasteiger partial charge in [-0.3, -0.25) is 9.59 Å². The molecule has 4 rings (SSSR count). The van der Waals surface area contributed by atoms with Crippen molar-refractivity contribution in [2.75, 3.05) is 26.2 Å². The van der Waals surface area contributed by atoms with Crippen molar-refractivity contribution in [3.8, 4) is 0 Å². The molecule has 0 N–H and O–H groups in total. The smallest absolute Gasteiger partial charge is 0.289 e. The molecule has 0 saturated carbocycles. The van der Waals surface area contributed by atoms with E-state index in [2.05, 4.69) is 18.2 Å². The number of nitrogens with zero attached hydrogens (tertiary/aromatic N) is 2. The van der Waals surface area contributed by atoms with Crippen LogP contribution in [0.5, 0.6) is 0 Å². The third-order valence-corrected chi connectivity index (χ3v) is 5.53. The molecule has 0 aliphatic carbocycles. The van der Waals surface area contributed by atoms with Gasteiger partial charge in [0.15, 0.2) is 5.76 Å². The zero-order valence-electron chi connectivity index (χ0n) is 15.3. The van der Waals surface area contributed by atoms with Crippen molar-refractivity contribution in [2.24, 2.45) is 5.92 Å². The van der Waals surface area contributed by atoms with Crippen LogP contribution < -0.4 is 0 Å². The van der Waals surface area contributed by atoms with Crippen LogP contribution in [-0.2, 0) is 4.79 Å². The average Bonchev–Trinajstić information content (AvgIpc) is 3.28. The van der Waals surface area contributed by atoms with Crippen LogP contribution >= 0.6 is 0 Å². The molecule has 2 aromatic rings. The lowest BCUT2D eigenvalue weighted by Gasteiger charge is -2.35. The molecule has 0 radical (unpaired) electrons. The molecule has 0 atom stereocenters. The van der Waals surface area contributed by atoms with E-state index < -0.39 is 0 Å². The third-order valence-electron chi connectivity index (χ3n) is 5.53. The molecule has 1 saturated heterocycles. The second-order valence-corrected chi connectivity index (χ2v) is 7.17. The molecule has 0 bridgehead atoms. The van der Waals surface area contributed by atoms with E-state index >= 15 is 0 Å². The Labute approximate surface area is 159 Å². The summed E-state index contributed by atoms with van der Waals surface area (Å²) in [5.74, 6) is 0.523. The van der Waals surface area contributed by atoms with Gasteiger partial charge in [-0.15, -0.1) is 0 Å². The van der Waals surface area contributed by atoms with Crippen LogP contribution in [0.1, 0.15) is 35.4 Å². The number of amides is 2. The molecule has 0 spiro atoms. The first-order valence-corrected chi connectivity index (χ1v) is 9.58. The lowest BCUT2D eigenvalue weighted by atomic mass is 9.93. The first-order chi connectivity index (χ1) is 13.2. The molecule has 2 aliphatic heterocycles. The molecule has 5 heteroatoms. The van der Waals surface area contributed by atoms with Crippen LogP contribution in [0.2, 0.25) is 0 Å². The Morgan fingerprint density at radius 3 is 2.33 bits per heavy atom. The van der Waals surface area contributed by atoms with Gasteiger partial charge in [0.05, 0.1) is 6.26 Å². The van der Waals surface area contributed by atoms with Gasteiger partial charge in [0.25, 0.3) is 5.91 Å². The zero-order chi connectivity index (χ0) is 18.6. The molecule has 1 fully saturated rings. The summed E-state index contributed by atoms with van der Waals surface area (Å²) in [4.78, 5) is 29.0. The summed E-state index contributed by atoms with van der Waals surface area (Å²) in [5, 5.41) is 0. The highest BCUT2D eigenvalue weighted by molar-refractivity contribution is 5.91. The fourth-order valence-corrected chi connectivity index (χ4v) is 3.93. The van der Waals surface area contributed by atoms with Gasteiger partial charge in [-0.05, 0) is 42.5 Å². The fraction of sp³-hybridized carbons (Fsp3) is 0.364. The molecule has 0 unspecified atom stereocenters. The largest absolute Gasteiger partial charge is 0.459 e. The van der Waals surface area contributed by atoms with E-state index in [0.717, 1.165) is 25.8 Å². The highest BCUT2D eigenvalue weighted by Gasteiger charge is 2.31. The van der Waals surface area contributed by atoms with E-state index in [-0.39, 0.29) is 17.7 Å². The van der Waals surface area contributed by atoms with E-state index in [1.165, 1.54) is 17.4 Å². The summed E-state index contributed by atoms with van der Waals surface area (Å²) < 4.78 is 5.19. The maximum atomic E-state index is 12.9. The van der Waals surface area contributed by atoms with Gasteiger partial charge in [0.2, 0.25) is 5.91 Å². The van der Waals surface area contributed by atoms with E-state index in [1.807, 2.05) is 23.1 Å². The Hall–Kier alpha value is -2.82. The minimum Gasteiger partial charge on any atom is -0.459 e. The summed E-state index contributed by atoms with van der Waals surface area (Å²) in [7, 11) is 0. The van der Waals surface area contributed by atoms with Gasteiger partial charge in [-0.25, -0.2) is 0 Å². The monoisotopic (exact) mass is 364 g/mol. The molecular weight excluding hydrogens is 340 g/mol. The predicted octanol–water partition coefficient (Wildman–Crippen LogP) is 3.45. The first-order valence-electron chi connectivity index (χ1n) is 9.58. The molecule has 2 aliphatic rings. The van der Waals surface area contributed by atoms with E-state index in [0.29, 0.717) is 25.4 Å². The van der Waals surface area contributed by atoms with Gasteiger partial charge in [-0.1, -0.05) is 36.4 Å². The molecular formula is C22H24N2O3. The SMILES string of the molecule is O=C(c1ccco1)N1CCC(C(=O)N2CC=C(c3ccccc3)CC2)CC1. The zero-order valence-corrected chi connectivity index (χ0v) is 15.3. The summed E-state index contributed by atoms with van der Waals surface area (Å²) in [6.45, 7) is 2.66. The van der Waals surface area contributed by atoms with E-state index in [4.69, 9.17) is 4.42 Å². The number of hydrogen-bond donors (Lipinski definition) is 0. The molecule has 140 valence electrons. The van der Waals surface area contributed by atoms with Crippen molar-refractivity contribution >= 4 is 17.4 Å². The Bertz CT molecular complexity index is 819. The Kier molecular flexibility index (Phi) is 5.10. The minimum atomic E-state index is -0.0840. The van der Waals surface area contributed by atoms with Crippen LogP contribution in [0.15, 0.2) is 59.2 Å². The van der Waals surface area contributed by atoms with Crippen molar-refractivity contribution in [1.82, 2.24) is 9.80 Å². The molecule has 3 heterocycles. The van der Waals surface area contributed by atoms with Crippen LogP contribution in [0, 0.1) is 5.92 Å². The average molecular weight is 364 g/mol. The number of piperidine rings is 1. The van der Waals surface area contributed by atoms with Crippen LogP contribution in [0.4, 0.5) is 0 Å². The number of benzene rings is 1. The molecule has 5 nitrogen and oxygen atoms in total. The maximum absolute atomic E-state index is 12.9. The Balaban J connectivity index is 1.31. The Morgan fingerprint density at radius 2 is 1.70 bits per heavy atom. The van der Waals surface area contributed by atoms with Crippen molar-refractivity contribution in [1.29, 1.82) is 0 Å². The Morgan fingerprint density at radius 1 is 0.926 bits per heavy atom. The molecule has 1 aromatic heterocycles.